The molecule has 1 amide bonds. The summed E-state index contributed by atoms with van der Waals surface area (Å²) in [6, 6.07) is 12.8. The molecule has 9 nitrogen and oxygen atoms in total. The molecule has 10 heteroatoms. The van der Waals surface area contributed by atoms with Gasteiger partial charge in [-0.3, -0.25) is 9.10 Å². The third-order valence-corrected chi connectivity index (χ3v) is 6.44. The van der Waals surface area contributed by atoms with Crippen molar-refractivity contribution in [3.05, 3.63) is 48.0 Å². The van der Waals surface area contributed by atoms with Crippen LogP contribution >= 0.6 is 0 Å². The van der Waals surface area contributed by atoms with E-state index in [9.17, 15) is 13.2 Å². The van der Waals surface area contributed by atoms with Crippen LogP contribution in [0.2, 0.25) is 0 Å². The van der Waals surface area contributed by atoms with Gasteiger partial charge in [-0.1, -0.05) is 12.1 Å². The Morgan fingerprint density at radius 3 is 2.38 bits per heavy atom. The van der Waals surface area contributed by atoms with Gasteiger partial charge in [-0.15, -0.1) is 0 Å². The summed E-state index contributed by atoms with van der Waals surface area (Å²) in [6.45, 7) is 3.97. The Morgan fingerprint density at radius 2 is 1.69 bits per heavy atom. The van der Waals surface area contributed by atoms with E-state index in [4.69, 9.17) is 14.2 Å². The smallest absolute Gasteiger partial charge is 0.241 e. The summed E-state index contributed by atoms with van der Waals surface area (Å²) in [4.78, 5) is 14.8. The first-order chi connectivity index (χ1) is 15.4. The van der Waals surface area contributed by atoms with Gasteiger partial charge in [-0.25, -0.2) is 8.42 Å². The lowest BCUT2D eigenvalue weighted by atomic mass is 10.2. The molecule has 0 bridgehead atoms. The first kappa shape index (κ1) is 22.2. The molecule has 0 aliphatic carbocycles. The molecule has 2 heterocycles. The van der Waals surface area contributed by atoms with E-state index >= 15 is 0 Å². The van der Waals surface area contributed by atoms with E-state index < -0.39 is 15.9 Å². The van der Waals surface area contributed by atoms with Crippen LogP contribution in [0.5, 0.6) is 11.5 Å². The molecule has 0 saturated carbocycles. The molecule has 1 fully saturated rings. The number of sulfonamides is 1. The van der Waals surface area contributed by atoms with Crippen molar-refractivity contribution in [2.45, 2.75) is 6.54 Å². The molecule has 0 spiro atoms. The Morgan fingerprint density at radius 1 is 1.00 bits per heavy atom. The zero-order valence-electron chi connectivity index (χ0n) is 18.0. The zero-order chi connectivity index (χ0) is 22.6. The highest BCUT2D eigenvalue weighted by Gasteiger charge is 2.23. The maximum atomic E-state index is 12.6. The summed E-state index contributed by atoms with van der Waals surface area (Å²) < 4.78 is 42.2. The summed E-state index contributed by atoms with van der Waals surface area (Å²) in [6.07, 6.45) is 1.07. The number of anilines is 2. The molecule has 1 N–H and O–H groups in total. The second kappa shape index (κ2) is 9.66. The predicted octanol–water partition coefficient (Wildman–Crippen LogP) is 1.38. The second-order valence-electron chi connectivity index (χ2n) is 7.64. The highest BCUT2D eigenvalue weighted by Crippen LogP contribution is 2.34. The van der Waals surface area contributed by atoms with Crippen LogP contribution in [0.1, 0.15) is 5.56 Å². The number of fused-ring (bicyclic) bond motifs is 1. The van der Waals surface area contributed by atoms with Crippen molar-refractivity contribution in [3.8, 4) is 11.5 Å². The number of hydrogen-bond donors (Lipinski definition) is 1. The molecule has 2 aromatic rings. The average molecular weight is 462 g/mol. The summed E-state index contributed by atoms with van der Waals surface area (Å²) in [5.74, 6) is 0.615. The van der Waals surface area contributed by atoms with Gasteiger partial charge in [0, 0.05) is 31.4 Å². The van der Waals surface area contributed by atoms with Gasteiger partial charge in [0.15, 0.2) is 11.5 Å². The number of rotatable bonds is 7. The van der Waals surface area contributed by atoms with Gasteiger partial charge in [-0.2, -0.15) is 0 Å². The minimum absolute atomic E-state index is 0.307. The van der Waals surface area contributed by atoms with Gasteiger partial charge >= 0.3 is 0 Å². The fraction of sp³-hybridized carbons (Fsp3) is 0.409. The first-order valence-corrected chi connectivity index (χ1v) is 12.3. The van der Waals surface area contributed by atoms with Crippen molar-refractivity contribution in [1.29, 1.82) is 0 Å². The van der Waals surface area contributed by atoms with Gasteiger partial charge < -0.3 is 24.4 Å². The summed E-state index contributed by atoms with van der Waals surface area (Å²) in [7, 11) is -3.68. The quantitative estimate of drug-likeness (QED) is 0.665. The van der Waals surface area contributed by atoms with E-state index in [-0.39, 0.29) is 6.54 Å². The Kier molecular flexibility index (Phi) is 6.71. The van der Waals surface area contributed by atoms with Crippen LogP contribution in [-0.4, -0.2) is 66.6 Å². The minimum Gasteiger partial charge on any atom is -0.486 e. The van der Waals surface area contributed by atoms with Crippen molar-refractivity contribution in [2.24, 2.45) is 0 Å². The summed E-state index contributed by atoms with van der Waals surface area (Å²) in [5, 5.41) is 2.80. The molecule has 2 aliphatic rings. The third kappa shape index (κ3) is 5.43. The zero-order valence-corrected chi connectivity index (χ0v) is 18.8. The van der Waals surface area contributed by atoms with Crippen LogP contribution in [0, 0.1) is 0 Å². The molecular formula is C22H27N3O6S. The molecule has 32 heavy (non-hydrogen) atoms. The van der Waals surface area contributed by atoms with Gasteiger partial charge in [0.25, 0.3) is 0 Å². The Labute approximate surface area is 187 Å². The number of morpholine rings is 1. The van der Waals surface area contributed by atoms with Crippen molar-refractivity contribution in [3.63, 3.8) is 0 Å². The normalized spacial score (nSPS) is 15.8. The van der Waals surface area contributed by atoms with Crippen molar-refractivity contribution in [1.82, 2.24) is 5.32 Å². The number of nitrogens with one attached hydrogen (secondary N) is 1. The second-order valence-corrected chi connectivity index (χ2v) is 9.55. The van der Waals surface area contributed by atoms with Crippen molar-refractivity contribution in [2.75, 3.05) is 61.5 Å². The van der Waals surface area contributed by atoms with Gasteiger partial charge in [-0.05, 0) is 29.8 Å². The van der Waals surface area contributed by atoms with Crippen molar-refractivity contribution >= 4 is 27.3 Å². The highest BCUT2D eigenvalue weighted by molar-refractivity contribution is 7.92. The van der Waals surface area contributed by atoms with Crippen LogP contribution in [0.15, 0.2) is 42.5 Å². The molecule has 4 rings (SSSR count). The SMILES string of the molecule is CS(=O)(=O)N(CC(=O)NCc1ccc(N2CCOCC2)cc1)c1ccc2c(c1)OCCO2. The lowest BCUT2D eigenvalue weighted by Crippen LogP contribution is -2.40. The first-order valence-electron chi connectivity index (χ1n) is 10.5. The van der Waals surface area contributed by atoms with Gasteiger partial charge in [0.05, 0.1) is 25.2 Å². The molecule has 2 aliphatic heterocycles. The van der Waals surface area contributed by atoms with Crippen LogP contribution in [0.25, 0.3) is 0 Å². The number of carbonyl (C=O) groups is 1. The maximum absolute atomic E-state index is 12.6. The van der Waals surface area contributed by atoms with Gasteiger partial charge in [0.1, 0.15) is 19.8 Å². The average Bonchev–Trinajstić information content (AvgIpc) is 2.81. The van der Waals surface area contributed by atoms with E-state index in [0.717, 1.165) is 48.1 Å². The van der Waals surface area contributed by atoms with E-state index in [1.807, 2.05) is 24.3 Å². The molecule has 172 valence electrons. The van der Waals surface area contributed by atoms with Crippen LogP contribution in [0.4, 0.5) is 11.4 Å². The van der Waals surface area contributed by atoms with Gasteiger partial charge in [0.2, 0.25) is 15.9 Å². The molecule has 0 unspecified atom stereocenters. The number of nitrogens with zero attached hydrogens (tertiary/aromatic N) is 2. The fourth-order valence-corrected chi connectivity index (χ4v) is 4.47. The highest BCUT2D eigenvalue weighted by atomic mass is 32.2. The number of hydrogen-bond acceptors (Lipinski definition) is 7. The Hall–Kier alpha value is -2.98. The molecule has 2 aromatic carbocycles. The molecule has 1 saturated heterocycles. The maximum Gasteiger partial charge on any atom is 0.241 e. The minimum atomic E-state index is -3.68. The lowest BCUT2D eigenvalue weighted by Gasteiger charge is -2.29. The number of benzene rings is 2. The Bertz CT molecular complexity index is 1050. The Balaban J connectivity index is 1.38. The number of ether oxygens (including phenoxy) is 3. The predicted molar refractivity (Wildman–Crippen MR) is 121 cm³/mol. The fourth-order valence-electron chi connectivity index (χ4n) is 3.62. The van der Waals surface area contributed by atoms with Crippen molar-refractivity contribution < 1.29 is 27.4 Å². The lowest BCUT2D eigenvalue weighted by molar-refractivity contribution is -0.119. The largest absolute Gasteiger partial charge is 0.486 e. The standard InChI is InChI=1S/C22H27N3O6S/c1-32(27,28)25(19-6-7-20-21(14-19)31-13-12-30-20)16-22(26)23-15-17-2-4-18(5-3-17)24-8-10-29-11-9-24/h2-7,14H,8-13,15-16H2,1H3,(H,23,26). The topological polar surface area (TPSA) is 97.4 Å². The molecule has 0 aromatic heterocycles. The summed E-state index contributed by atoms with van der Waals surface area (Å²) in [5.41, 5.74) is 2.40. The number of amides is 1. The van der Waals surface area contributed by atoms with Crippen LogP contribution in [-0.2, 0) is 26.1 Å². The third-order valence-electron chi connectivity index (χ3n) is 5.30. The van der Waals surface area contributed by atoms with Crippen LogP contribution in [0.3, 0.4) is 0 Å². The monoisotopic (exact) mass is 461 g/mol. The molecule has 0 radical (unpaired) electrons. The van der Waals surface area contributed by atoms with Crippen LogP contribution < -0.4 is 24.0 Å². The van der Waals surface area contributed by atoms with E-state index in [0.29, 0.717) is 36.9 Å². The summed E-state index contributed by atoms with van der Waals surface area (Å²) >= 11 is 0. The van der Waals surface area contributed by atoms with E-state index in [2.05, 4.69) is 10.2 Å². The number of carbonyl (C=O) groups excluding carboxylic acids is 1. The molecular weight excluding hydrogens is 434 g/mol. The van der Waals surface area contributed by atoms with E-state index in [1.54, 1.807) is 18.2 Å². The van der Waals surface area contributed by atoms with E-state index in [1.165, 1.54) is 0 Å². The molecule has 0 atom stereocenters.